The molecule has 0 radical (unpaired) electrons. The zero-order valence-corrected chi connectivity index (χ0v) is 11.6. The smallest absolute Gasteiger partial charge is 0.272 e. The highest BCUT2D eigenvalue weighted by molar-refractivity contribution is 6.29. The first kappa shape index (κ1) is 13.6. The maximum atomic E-state index is 12.3. The van der Waals surface area contributed by atoms with Crippen LogP contribution < -0.4 is 0 Å². The van der Waals surface area contributed by atoms with Gasteiger partial charge in [0.2, 0.25) is 0 Å². The van der Waals surface area contributed by atoms with E-state index in [1.165, 1.54) is 0 Å². The highest BCUT2D eigenvalue weighted by Crippen LogP contribution is 2.20. The second-order valence-electron chi connectivity index (χ2n) is 4.35. The summed E-state index contributed by atoms with van der Waals surface area (Å²) in [5.41, 5.74) is 1.44. The second kappa shape index (κ2) is 5.85. The van der Waals surface area contributed by atoms with E-state index < -0.39 is 0 Å². The van der Waals surface area contributed by atoms with Crippen molar-refractivity contribution in [1.82, 2.24) is 9.88 Å². The van der Waals surface area contributed by atoms with Gasteiger partial charge in [-0.2, -0.15) is 0 Å². The van der Waals surface area contributed by atoms with Crippen molar-refractivity contribution in [2.24, 2.45) is 0 Å². The van der Waals surface area contributed by atoms with Gasteiger partial charge < -0.3 is 4.90 Å². The van der Waals surface area contributed by atoms with Crippen LogP contribution in [0.2, 0.25) is 5.15 Å². The fourth-order valence-electron chi connectivity index (χ4n) is 1.84. The molecule has 0 N–H and O–H groups in total. The van der Waals surface area contributed by atoms with E-state index in [1.807, 2.05) is 37.3 Å². The molecule has 0 fully saturated rings. The zero-order chi connectivity index (χ0) is 13.8. The van der Waals surface area contributed by atoms with Gasteiger partial charge in [0, 0.05) is 7.05 Å². The summed E-state index contributed by atoms with van der Waals surface area (Å²) in [6.45, 7) is 1.98. The molecule has 2 aromatic rings. The van der Waals surface area contributed by atoms with Crippen LogP contribution in [-0.2, 0) is 0 Å². The molecule has 1 heterocycles. The van der Waals surface area contributed by atoms with Crippen LogP contribution in [0.1, 0.15) is 29.0 Å². The lowest BCUT2D eigenvalue weighted by Crippen LogP contribution is -2.30. The largest absolute Gasteiger partial charge is 0.334 e. The molecule has 19 heavy (non-hydrogen) atoms. The van der Waals surface area contributed by atoms with Gasteiger partial charge in [-0.25, -0.2) is 4.98 Å². The molecule has 1 aromatic carbocycles. The third-order valence-electron chi connectivity index (χ3n) is 3.12. The van der Waals surface area contributed by atoms with Gasteiger partial charge in [0.05, 0.1) is 6.04 Å². The van der Waals surface area contributed by atoms with Gasteiger partial charge >= 0.3 is 0 Å². The molecule has 0 saturated carbocycles. The topological polar surface area (TPSA) is 33.2 Å². The molecular weight excluding hydrogens is 260 g/mol. The number of benzene rings is 1. The van der Waals surface area contributed by atoms with E-state index in [4.69, 9.17) is 11.6 Å². The lowest BCUT2D eigenvalue weighted by atomic mass is 10.1. The first-order chi connectivity index (χ1) is 9.09. The van der Waals surface area contributed by atoms with E-state index in [0.717, 1.165) is 5.56 Å². The number of hydrogen-bond donors (Lipinski definition) is 0. The maximum Gasteiger partial charge on any atom is 0.272 e. The van der Waals surface area contributed by atoms with Crippen LogP contribution in [-0.4, -0.2) is 22.8 Å². The molecule has 0 spiro atoms. The van der Waals surface area contributed by atoms with Gasteiger partial charge in [-0.3, -0.25) is 4.79 Å². The predicted molar refractivity (Wildman–Crippen MR) is 76.2 cm³/mol. The van der Waals surface area contributed by atoms with Gasteiger partial charge in [0.15, 0.2) is 0 Å². The van der Waals surface area contributed by atoms with Crippen molar-refractivity contribution in [2.45, 2.75) is 13.0 Å². The third kappa shape index (κ3) is 3.12. The van der Waals surface area contributed by atoms with Crippen molar-refractivity contribution in [3.8, 4) is 0 Å². The molecule has 1 aromatic heterocycles. The van der Waals surface area contributed by atoms with Gasteiger partial charge in [-0.15, -0.1) is 0 Å². The highest BCUT2D eigenvalue weighted by Gasteiger charge is 2.19. The molecule has 0 aliphatic rings. The number of carbonyl (C=O) groups is 1. The number of halogens is 1. The van der Waals surface area contributed by atoms with Crippen LogP contribution in [0.3, 0.4) is 0 Å². The molecule has 4 heteroatoms. The fourth-order valence-corrected chi connectivity index (χ4v) is 2.00. The van der Waals surface area contributed by atoms with Gasteiger partial charge in [0.25, 0.3) is 5.91 Å². The average molecular weight is 275 g/mol. The lowest BCUT2D eigenvalue weighted by molar-refractivity contribution is 0.0736. The third-order valence-corrected chi connectivity index (χ3v) is 3.33. The molecule has 0 saturated heterocycles. The van der Waals surface area contributed by atoms with Crippen molar-refractivity contribution in [3.05, 3.63) is 64.9 Å². The Balaban J connectivity index is 2.20. The number of nitrogens with zero attached hydrogens (tertiary/aromatic N) is 2. The van der Waals surface area contributed by atoms with E-state index in [1.54, 1.807) is 30.1 Å². The minimum Gasteiger partial charge on any atom is -0.334 e. The standard InChI is InChI=1S/C15H15ClN2O/c1-11(12-7-4-3-5-8-12)18(2)15(19)13-9-6-10-14(16)17-13/h3-11H,1-2H3. The Morgan fingerprint density at radius 3 is 2.47 bits per heavy atom. The first-order valence-electron chi connectivity index (χ1n) is 6.04. The van der Waals surface area contributed by atoms with Crippen molar-refractivity contribution >= 4 is 17.5 Å². The monoisotopic (exact) mass is 274 g/mol. The van der Waals surface area contributed by atoms with Gasteiger partial charge in [-0.05, 0) is 24.6 Å². The number of rotatable bonds is 3. The van der Waals surface area contributed by atoms with E-state index in [-0.39, 0.29) is 11.9 Å². The number of hydrogen-bond acceptors (Lipinski definition) is 2. The Bertz CT molecular complexity index is 571. The Labute approximate surface area is 117 Å². The molecule has 1 amide bonds. The summed E-state index contributed by atoms with van der Waals surface area (Å²) in [7, 11) is 1.77. The molecule has 0 aliphatic carbocycles. The van der Waals surface area contributed by atoms with Crippen LogP contribution in [0.15, 0.2) is 48.5 Å². The van der Waals surface area contributed by atoms with Crippen molar-refractivity contribution in [2.75, 3.05) is 7.05 Å². The molecule has 98 valence electrons. The Morgan fingerprint density at radius 2 is 1.84 bits per heavy atom. The minimum atomic E-state index is -0.140. The zero-order valence-electron chi connectivity index (χ0n) is 10.9. The molecule has 3 nitrogen and oxygen atoms in total. The van der Waals surface area contributed by atoms with Crippen LogP contribution in [0.25, 0.3) is 0 Å². The summed E-state index contributed by atoms with van der Waals surface area (Å²) in [4.78, 5) is 18.0. The van der Waals surface area contributed by atoms with Gasteiger partial charge in [-0.1, -0.05) is 48.0 Å². The SMILES string of the molecule is CC(c1ccccc1)N(C)C(=O)c1cccc(Cl)n1. The van der Waals surface area contributed by atoms with E-state index in [9.17, 15) is 4.79 Å². The molecule has 1 unspecified atom stereocenters. The van der Waals surface area contributed by atoms with E-state index in [0.29, 0.717) is 10.8 Å². The number of carbonyl (C=O) groups excluding carboxylic acids is 1. The van der Waals surface area contributed by atoms with Crippen molar-refractivity contribution < 1.29 is 4.79 Å². The van der Waals surface area contributed by atoms with Crippen LogP contribution >= 0.6 is 11.6 Å². The van der Waals surface area contributed by atoms with E-state index in [2.05, 4.69) is 4.98 Å². The van der Waals surface area contributed by atoms with E-state index >= 15 is 0 Å². The number of amides is 1. The number of aromatic nitrogens is 1. The summed E-state index contributed by atoms with van der Waals surface area (Å²) in [6.07, 6.45) is 0. The van der Waals surface area contributed by atoms with Crippen molar-refractivity contribution in [3.63, 3.8) is 0 Å². The van der Waals surface area contributed by atoms with Crippen LogP contribution in [0.4, 0.5) is 0 Å². The molecule has 2 rings (SSSR count). The molecule has 0 bridgehead atoms. The fraction of sp³-hybridized carbons (Fsp3) is 0.200. The Hall–Kier alpha value is -1.87. The van der Waals surface area contributed by atoms with Crippen molar-refractivity contribution in [1.29, 1.82) is 0 Å². The highest BCUT2D eigenvalue weighted by atomic mass is 35.5. The lowest BCUT2D eigenvalue weighted by Gasteiger charge is -2.25. The first-order valence-corrected chi connectivity index (χ1v) is 6.42. The quantitative estimate of drug-likeness (QED) is 0.802. The molecule has 1 atom stereocenters. The predicted octanol–water partition coefficient (Wildman–Crippen LogP) is 3.57. The second-order valence-corrected chi connectivity index (χ2v) is 4.74. The summed E-state index contributed by atoms with van der Waals surface area (Å²) >= 11 is 5.81. The normalized spacial score (nSPS) is 11.9. The summed E-state index contributed by atoms with van der Waals surface area (Å²) in [6, 6.07) is 14.9. The number of pyridine rings is 1. The van der Waals surface area contributed by atoms with Crippen LogP contribution in [0, 0.1) is 0 Å². The minimum absolute atomic E-state index is 0.0190. The summed E-state index contributed by atoms with van der Waals surface area (Å²) in [5.74, 6) is -0.140. The summed E-state index contributed by atoms with van der Waals surface area (Å²) in [5, 5.41) is 0.326. The van der Waals surface area contributed by atoms with Gasteiger partial charge in [0.1, 0.15) is 10.8 Å². The molecule has 0 aliphatic heterocycles. The maximum absolute atomic E-state index is 12.3. The Morgan fingerprint density at radius 1 is 1.16 bits per heavy atom. The summed E-state index contributed by atoms with van der Waals surface area (Å²) < 4.78 is 0. The average Bonchev–Trinajstić information content (AvgIpc) is 2.46. The molecular formula is C15H15ClN2O. The van der Waals surface area contributed by atoms with Crippen LogP contribution in [0.5, 0.6) is 0 Å². The Kier molecular flexibility index (Phi) is 4.17.